The molecule has 0 fully saturated rings. The molecule has 0 spiro atoms. The standard InChI is InChI=1S/C10H12ClN3/c1-14(6-2-5-12)10-4-3-9(7-11)8-13-10/h3-4,8H,2,6-7H2,1H3. The molecule has 0 unspecified atom stereocenters. The molecule has 0 aromatic carbocycles. The topological polar surface area (TPSA) is 39.9 Å². The minimum Gasteiger partial charge on any atom is -0.359 e. The zero-order chi connectivity index (χ0) is 10.4. The molecule has 0 aliphatic heterocycles. The number of aromatic nitrogens is 1. The Morgan fingerprint density at radius 1 is 1.57 bits per heavy atom. The molecule has 0 saturated carbocycles. The number of nitriles is 1. The van der Waals surface area contributed by atoms with Gasteiger partial charge in [-0.2, -0.15) is 5.26 Å². The van der Waals surface area contributed by atoms with Crippen LogP contribution in [0.5, 0.6) is 0 Å². The van der Waals surface area contributed by atoms with Crippen LogP contribution in [0, 0.1) is 11.3 Å². The van der Waals surface area contributed by atoms with Gasteiger partial charge in [-0.25, -0.2) is 4.98 Å². The molecular formula is C10H12ClN3. The Bertz CT molecular complexity index is 315. The predicted octanol–water partition coefficient (Wildman–Crippen LogP) is 2.17. The summed E-state index contributed by atoms with van der Waals surface area (Å²) in [7, 11) is 1.92. The van der Waals surface area contributed by atoms with E-state index in [-0.39, 0.29) is 0 Å². The van der Waals surface area contributed by atoms with E-state index in [2.05, 4.69) is 11.1 Å². The second kappa shape index (κ2) is 5.46. The third kappa shape index (κ3) is 2.90. The zero-order valence-electron chi connectivity index (χ0n) is 8.07. The van der Waals surface area contributed by atoms with Crippen LogP contribution in [0.4, 0.5) is 5.82 Å². The van der Waals surface area contributed by atoms with Gasteiger partial charge < -0.3 is 4.90 Å². The van der Waals surface area contributed by atoms with Gasteiger partial charge in [0.05, 0.1) is 12.5 Å². The molecular weight excluding hydrogens is 198 g/mol. The van der Waals surface area contributed by atoms with E-state index >= 15 is 0 Å². The molecule has 1 aromatic rings. The highest BCUT2D eigenvalue weighted by Gasteiger charge is 2.01. The number of halogens is 1. The summed E-state index contributed by atoms with van der Waals surface area (Å²) in [5.74, 6) is 1.35. The van der Waals surface area contributed by atoms with Crippen molar-refractivity contribution in [3.63, 3.8) is 0 Å². The van der Waals surface area contributed by atoms with Gasteiger partial charge in [0.15, 0.2) is 0 Å². The molecule has 0 radical (unpaired) electrons. The fraction of sp³-hybridized carbons (Fsp3) is 0.400. The summed E-state index contributed by atoms with van der Waals surface area (Å²) in [5, 5.41) is 8.43. The summed E-state index contributed by atoms with van der Waals surface area (Å²) >= 11 is 5.65. The lowest BCUT2D eigenvalue weighted by atomic mass is 10.3. The summed E-state index contributed by atoms with van der Waals surface area (Å²) in [4.78, 5) is 6.18. The number of pyridine rings is 1. The largest absolute Gasteiger partial charge is 0.359 e. The molecule has 0 amide bonds. The van der Waals surface area contributed by atoms with E-state index in [1.807, 2.05) is 24.1 Å². The zero-order valence-corrected chi connectivity index (χ0v) is 8.83. The van der Waals surface area contributed by atoms with Crippen LogP contribution < -0.4 is 4.90 Å². The molecule has 1 aromatic heterocycles. The van der Waals surface area contributed by atoms with Crippen molar-refractivity contribution in [1.29, 1.82) is 5.26 Å². The normalized spacial score (nSPS) is 9.50. The van der Waals surface area contributed by atoms with Gasteiger partial charge in [0.25, 0.3) is 0 Å². The van der Waals surface area contributed by atoms with Crippen molar-refractivity contribution in [2.75, 3.05) is 18.5 Å². The van der Waals surface area contributed by atoms with Gasteiger partial charge in [0.1, 0.15) is 5.82 Å². The van der Waals surface area contributed by atoms with Crippen molar-refractivity contribution in [2.24, 2.45) is 0 Å². The lowest BCUT2D eigenvalue weighted by Gasteiger charge is -2.16. The third-order valence-corrected chi connectivity index (χ3v) is 2.22. The van der Waals surface area contributed by atoms with Crippen molar-refractivity contribution in [2.45, 2.75) is 12.3 Å². The highest BCUT2D eigenvalue weighted by Crippen LogP contribution is 2.10. The number of nitrogens with zero attached hydrogens (tertiary/aromatic N) is 3. The van der Waals surface area contributed by atoms with Gasteiger partial charge in [-0.05, 0) is 11.6 Å². The Hall–Kier alpha value is -1.27. The van der Waals surface area contributed by atoms with Gasteiger partial charge in [0, 0.05) is 25.7 Å². The maximum Gasteiger partial charge on any atom is 0.128 e. The van der Waals surface area contributed by atoms with Crippen LogP contribution in [0.1, 0.15) is 12.0 Å². The fourth-order valence-electron chi connectivity index (χ4n) is 1.05. The van der Waals surface area contributed by atoms with E-state index in [0.717, 1.165) is 11.4 Å². The molecule has 0 aliphatic carbocycles. The van der Waals surface area contributed by atoms with Gasteiger partial charge in [0.2, 0.25) is 0 Å². The third-order valence-electron chi connectivity index (χ3n) is 1.91. The van der Waals surface area contributed by atoms with Crippen LogP contribution in [-0.2, 0) is 5.88 Å². The van der Waals surface area contributed by atoms with Crippen LogP contribution >= 0.6 is 11.6 Å². The van der Waals surface area contributed by atoms with Crippen molar-refractivity contribution in [3.05, 3.63) is 23.9 Å². The first-order chi connectivity index (χ1) is 6.77. The number of rotatable bonds is 4. The number of anilines is 1. The number of alkyl halides is 1. The molecule has 3 nitrogen and oxygen atoms in total. The van der Waals surface area contributed by atoms with Crippen LogP contribution in [0.15, 0.2) is 18.3 Å². The Balaban J connectivity index is 2.62. The van der Waals surface area contributed by atoms with E-state index in [1.165, 1.54) is 0 Å². The summed E-state index contributed by atoms with van der Waals surface area (Å²) in [6.45, 7) is 0.698. The van der Waals surface area contributed by atoms with E-state index in [1.54, 1.807) is 6.20 Å². The SMILES string of the molecule is CN(CCC#N)c1ccc(CCl)cn1. The molecule has 4 heteroatoms. The fourth-order valence-corrected chi connectivity index (χ4v) is 1.21. The van der Waals surface area contributed by atoms with Crippen LogP contribution in [0.3, 0.4) is 0 Å². The lowest BCUT2D eigenvalue weighted by molar-refractivity contribution is 0.883. The minimum atomic E-state index is 0.481. The first-order valence-electron chi connectivity index (χ1n) is 4.37. The Morgan fingerprint density at radius 3 is 2.86 bits per heavy atom. The molecule has 74 valence electrons. The van der Waals surface area contributed by atoms with Crippen LogP contribution in [0.25, 0.3) is 0 Å². The van der Waals surface area contributed by atoms with Crippen LogP contribution in [0.2, 0.25) is 0 Å². The van der Waals surface area contributed by atoms with E-state index < -0.39 is 0 Å². The Labute approximate surface area is 88.9 Å². The molecule has 0 N–H and O–H groups in total. The van der Waals surface area contributed by atoms with Gasteiger partial charge in [-0.3, -0.25) is 0 Å². The van der Waals surface area contributed by atoms with Crippen molar-refractivity contribution < 1.29 is 0 Å². The van der Waals surface area contributed by atoms with Gasteiger partial charge >= 0.3 is 0 Å². The molecule has 1 rings (SSSR count). The Morgan fingerprint density at radius 2 is 2.36 bits per heavy atom. The first kappa shape index (κ1) is 10.8. The maximum atomic E-state index is 8.43. The van der Waals surface area contributed by atoms with Crippen LogP contribution in [-0.4, -0.2) is 18.6 Å². The highest BCUT2D eigenvalue weighted by atomic mass is 35.5. The molecule has 0 saturated heterocycles. The van der Waals surface area contributed by atoms with Crippen molar-refractivity contribution >= 4 is 17.4 Å². The molecule has 0 aliphatic rings. The average Bonchev–Trinajstić information content (AvgIpc) is 2.26. The Kier molecular flexibility index (Phi) is 4.21. The predicted molar refractivity (Wildman–Crippen MR) is 57.3 cm³/mol. The molecule has 0 bridgehead atoms. The minimum absolute atomic E-state index is 0.481. The van der Waals surface area contributed by atoms with Gasteiger partial charge in [-0.1, -0.05) is 6.07 Å². The first-order valence-corrected chi connectivity index (χ1v) is 4.90. The quantitative estimate of drug-likeness (QED) is 0.714. The van der Waals surface area contributed by atoms with Crippen molar-refractivity contribution in [1.82, 2.24) is 4.98 Å². The smallest absolute Gasteiger partial charge is 0.128 e. The van der Waals surface area contributed by atoms with Gasteiger partial charge in [-0.15, -0.1) is 11.6 Å². The summed E-state index contributed by atoms with van der Waals surface area (Å²) in [6.07, 6.45) is 2.26. The summed E-state index contributed by atoms with van der Waals surface area (Å²) in [5.41, 5.74) is 1.00. The number of hydrogen-bond donors (Lipinski definition) is 0. The molecule has 1 heterocycles. The average molecular weight is 210 g/mol. The van der Waals surface area contributed by atoms with E-state index in [9.17, 15) is 0 Å². The second-order valence-electron chi connectivity index (χ2n) is 2.99. The second-order valence-corrected chi connectivity index (χ2v) is 3.26. The highest BCUT2D eigenvalue weighted by molar-refractivity contribution is 6.17. The monoisotopic (exact) mass is 209 g/mol. The van der Waals surface area contributed by atoms with Crippen molar-refractivity contribution in [3.8, 4) is 6.07 Å². The number of hydrogen-bond acceptors (Lipinski definition) is 3. The maximum absolute atomic E-state index is 8.43. The van der Waals surface area contributed by atoms with E-state index in [0.29, 0.717) is 18.8 Å². The molecule has 14 heavy (non-hydrogen) atoms. The lowest BCUT2D eigenvalue weighted by Crippen LogP contribution is -2.19. The summed E-state index contributed by atoms with van der Waals surface area (Å²) in [6, 6.07) is 5.95. The molecule has 0 atom stereocenters. The summed E-state index contributed by atoms with van der Waals surface area (Å²) < 4.78 is 0. The van der Waals surface area contributed by atoms with E-state index in [4.69, 9.17) is 16.9 Å².